The second kappa shape index (κ2) is 14.3. The maximum atomic E-state index is 5.35. The smallest absolute Gasteiger partial charge is 0.164 e. The van der Waals surface area contributed by atoms with E-state index in [0.717, 1.165) is 55.6 Å². The molecule has 9 aromatic carbocycles. The number of nitrogens with zero attached hydrogens (tertiary/aromatic N) is 5. The first kappa shape index (κ1) is 37.2. The van der Waals surface area contributed by atoms with Crippen molar-refractivity contribution < 1.29 is 0 Å². The van der Waals surface area contributed by atoms with Crippen molar-refractivity contribution >= 4 is 43.6 Å². The summed E-state index contributed by atoms with van der Waals surface area (Å²) in [6.07, 6.45) is 0. The predicted molar refractivity (Wildman–Crippen MR) is 268 cm³/mol. The fourth-order valence-corrected chi connectivity index (χ4v) is 10.4. The van der Waals surface area contributed by atoms with E-state index in [0.29, 0.717) is 17.5 Å². The van der Waals surface area contributed by atoms with Crippen molar-refractivity contribution in [1.82, 2.24) is 24.1 Å². The van der Waals surface area contributed by atoms with Gasteiger partial charge in [-0.15, -0.1) is 0 Å². The molecule has 0 fully saturated rings. The molecular weight excluding hydrogens is 791 g/mol. The zero-order valence-corrected chi connectivity index (χ0v) is 35.9. The van der Waals surface area contributed by atoms with Crippen LogP contribution in [-0.2, 0) is 5.41 Å². The maximum absolute atomic E-state index is 5.35. The largest absolute Gasteiger partial charge is 0.307 e. The van der Waals surface area contributed by atoms with Gasteiger partial charge in [0.25, 0.3) is 0 Å². The van der Waals surface area contributed by atoms with Crippen LogP contribution in [0.3, 0.4) is 0 Å². The molecule has 5 heteroatoms. The van der Waals surface area contributed by atoms with Gasteiger partial charge in [0.2, 0.25) is 0 Å². The Labute approximate surface area is 376 Å². The van der Waals surface area contributed by atoms with E-state index in [1.807, 2.05) is 6.07 Å². The molecule has 0 unspecified atom stereocenters. The van der Waals surface area contributed by atoms with Gasteiger partial charge in [-0.1, -0.05) is 184 Å². The first-order valence-corrected chi connectivity index (χ1v) is 22.3. The third-order valence-electron chi connectivity index (χ3n) is 13.6. The minimum Gasteiger partial charge on any atom is -0.307 e. The monoisotopic (exact) mass is 831 g/mol. The molecule has 306 valence electrons. The van der Waals surface area contributed by atoms with E-state index < -0.39 is 0 Å². The number of para-hydroxylation sites is 4. The van der Waals surface area contributed by atoms with E-state index in [1.165, 1.54) is 49.5 Å². The lowest BCUT2D eigenvalue weighted by atomic mass is 9.82. The number of fused-ring (bicyclic) bond motifs is 9. The Morgan fingerprint density at radius 2 is 0.846 bits per heavy atom. The highest BCUT2D eigenvalue weighted by Gasteiger charge is 2.35. The van der Waals surface area contributed by atoms with Crippen molar-refractivity contribution in [3.8, 4) is 67.8 Å². The number of benzene rings is 9. The third-order valence-corrected chi connectivity index (χ3v) is 13.6. The number of aromatic nitrogens is 5. The van der Waals surface area contributed by atoms with Gasteiger partial charge >= 0.3 is 0 Å². The first-order valence-electron chi connectivity index (χ1n) is 22.3. The van der Waals surface area contributed by atoms with Gasteiger partial charge in [0.15, 0.2) is 17.5 Å². The van der Waals surface area contributed by atoms with Crippen LogP contribution in [0.5, 0.6) is 0 Å². The van der Waals surface area contributed by atoms with Crippen LogP contribution in [0, 0.1) is 0 Å². The highest BCUT2D eigenvalue weighted by molar-refractivity contribution is 6.15. The Bertz CT molecular complexity index is 3840. The van der Waals surface area contributed by atoms with Crippen LogP contribution in [0.2, 0.25) is 0 Å². The van der Waals surface area contributed by atoms with Gasteiger partial charge in [0.1, 0.15) is 0 Å². The molecule has 3 aromatic heterocycles. The Kier molecular flexibility index (Phi) is 8.18. The van der Waals surface area contributed by atoms with E-state index in [2.05, 4.69) is 229 Å². The van der Waals surface area contributed by atoms with E-state index >= 15 is 0 Å². The molecular formula is C60H41N5. The SMILES string of the molecule is CC1(C)c2ccccc2-c2ccc(-c3nc(-c4ccc(-c5ccccc5)cc4)nc(-c4ccc5c6ccccc6n(-c6cccc7c8ccccc8n(-c8ccccc8)c67)c5c4)n3)cc21. The van der Waals surface area contributed by atoms with Gasteiger partial charge in [-0.3, -0.25) is 0 Å². The van der Waals surface area contributed by atoms with Gasteiger partial charge in [-0.2, -0.15) is 0 Å². The summed E-state index contributed by atoms with van der Waals surface area (Å²) < 4.78 is 4.84. The van der Waals surface area contributed by atoms with Crippen LogP contribution in [0.1, 0.15) is 25.0 Å². The van der Waals surface area contributed by atoms with Crippen LogP contribution >= 0.6 is 0 Å². The normalized spacial score (nSPS) is 12.9. The first-order chi connectivity index (χ1) is 32.0. The zero-order valence-electron chi connectivity index (χ0n) is 35.9. The molecule has 0 saturated heterocycles. The maximum Gasteiger partial charge on any atom is 0.164 e. The van der Waals surface area contributed by atoms with E-state index in [-0.39, 0.29) is 5.41 Å². The van der Waals surface area contributed by atoms with E-state index in [4.69, 9.17) is 15.0 Å². The van der Waals surface area contributed by atoms with Gasteiger partial charge < -0.3 is 9.13 Å². The molecule has 0 atom stereocenters. The van der Waals surface area contributed by atoms with E-state index in [1.54, 1.807) is 0 Å². The van der Waals surface area contributed by atoms with Crippen LogP contribution in [0.4, 0.5) is 0 Å². The molecule has 3 heterocycles. The molecule has 65 heavy (non-hydrogen) atoms. The van der Waals surface area contributed by atoms with Crippen LogP contribution in [-0.4, -0.2) is 24.1 Å². The van der Waals surface area contributed by atoms with Crippen molar-refractivity contribution in [2.24, 2.45) is 0 Å². The summed E-state index contributed by atoms with van der Waals surface area (Å²) in [4.78, 5) is 15.9. The Hall–Kier alpha value is -8.41. The molecule has 0 amide bonds. The number of hydrogen-bond donors (Lipinski definition) is 0. The zero-order chi connectivity index (χ0) is 43.2. The van der Waals surface area contributed by atoms with Crippen LogP contribution in [0.15, 0.2) is 212 Å². The summed E-state index contributed by atoms with van der Waals surface area (Å²) in [5.74, 6) is 1.89. The summed E-state index contributed by atoms with van der Waals surface area (Å²) in [7, 11) is 0. The fraction of sp³-hybridized carbons (Fsp3) is 0.0500. The molecule has 0 aliphatic heterocycles. The summed E-state index contributed by atoms with van der Waals surface area (Å²) in [5.41, 5.74) is 16.9. The molecule has 13 rings (SSSR count). The molecule has 5 nitrogen and oxygen atoms in total. The lowest BCUT2D eigenvalue weighted by Crippen LogP contribution is -2.15. The summed E-state index contributed by atoms with van der Waals surface area (Å²) in [6, 6.07) is 76.0. The summed E-state index contributed by atoms with van der Waals surface area (Å²) in [5, 5.41) is 4.77. The van der Waals surface area contributed by atoms with Crippen molar-refractivity contribution in [2.45, 2.75) is 19.3 Å². The Morgan fingerprint density at radius 3 is 1.60 bits per heavy atom. The van der Waals surface area contributed by atoms with Crippen molar-refractivity contribution in [3.63, 3.8) is 0 Å². The molecule has 0 bridgehead atoms. The molecule has 0 N–H and O–H groups in total. The lowest BCUT2D eigenvalue weighted by Gasteiger charge is -2.21. The molecule has 0 radical (unpaired) electrons. The van der Waals surface area contributed by atoms with Crippen molar-refractivity contribution in [3.05, 3.63) is 223 Å². The number of rotatable bonds is 6. The second-order valence-corrected chi connectivity index (χ2v) is 17.6. The Balaban J connectivity index is 1.03. The topological polar surface area (TPSA) is 48.5 Å². The Morgan fingerprint density at radius 1 is 0.338 bits per heavy atom. The van der Waals surface area contributed by atoms with Crippen molar-refractivity contribution in [1.29, 1.82) is 0 Å². The fourth-order valence-electron chi connectivity index (χ4n) is 10.4. The minimum absolute atomic E-state index is 0.165. The average Bonchev–Trinajstić information content (AvgIpc) is 3.97. The van der Waals surface area contributed by atoms with Gasteiger partial charge in [0, 0.05) is 49.3 Å². The third kappa shape index (κ3) is 5.75. The molecule has 1 aliphatic rings. The molecule has 1 aliphatic carbocycles. The van der Waals surface area contributed by atoms with Gasteiger partial charge in [-0.05, 0) is 75.8 Å². The van der Waals surface area contributed by atoms with Gasteiger partial charge in [0.05, 0.1) is 27.8 Å². The average molecular weight is 832 g/mol. The predicted octanol–water partition coefficient (Wildman–Crippen LogP) is 15.0. The molecule has 12 aromatic rings. The quantitative estimate of drug-likeness (QED) is 0.168. The second-order valence-electron chi connectivity index (χ2n) is 17.6. The summed E-state index contributed by atoms with van der Waals surface area (Å²) >= 11 is 0. The standard InChI is InChI=1S/C60H41N5/c1-60(2)50-24-12-9-20-44(50)45-34-32-41(36-51(45)60)58-61-57(40-30-28-39(29-31-40)38-16-5-3-6-17-38)62-59(63-58)42-33-35-48-46-21-10-14-26-53(46)65(55(48)37-42)54-27-15-23-49-47-22-11-13-25-52(47)64(56(49)54)43-18-7-4-8-19-43/h3-37H,1-2H3. The van der Waals surface area contributed by atoms with Crippen LogP contribution < -0.4 is 0 Å². The van der Waals surface area contributed by atoms with Crippen molar-refractivity contribution in [2.75, 3.05) is 0 Å². The molecule has 0 spiro atoms. The molecule has 0 saturated carbocycles. The highest BCUT2D eigenvalue weighted by atomic mass is 15.1. The van der Waals surface area contributed by atoms with Gasteiger partial charge in [-0.25, -0.2) is 15.0 Å². The number of hydrogen-bond acceptors (Lipinski definition) is 3. The highest BCUT2D eigenvalue weighted by Crippen LogP contribution is 2.49. The summed E-state index contributed by atoms with van der Waals surface area (Å²) in [6.45, 7) is 4.63. The van der Waals surface area contributed by atoms with Crippen LogP contribution in [0.25, 0.3) is 111 Å². The lowest BCUT2D eigenvalue weighted by molar-refractivity contribution is 0.660. The minimum atomic E-state index is -0.165. The van der Waals surface area contributed by atoms with E-state index in [9.17, 15) is 0 Å².